The minimum atomic E-state index is 0.115. The average Bonchev–Trinajstić information content (AvgIpc) is 2.72. The van der Waals surface area contributed by atoms with E-state index in [1.165, 1.54) is 11.3 Å². The van der Waals surface area contributed by atoms with E-state index in [9.17, 15) is 4.79 Å². The first-order valence-electron chi connectivity index (χ1n) is 5.41. The molecule has 2 rings (SSSR count). The number of hydrogen-bond acceptors (Lipinski definition) is 3. The normalized spacial score (nSPS) is 23.3. The molecule has 1 aromatic rings. The summed E-state index contributed by atoms with van der Waals surface area (Å²) in [6.45, 7) is 4.34. The third-order valence-corrected chi connectivity index (χ3v) is 4.67. The van der Waals surface area contributed by atoms with Gasteiger partial charge < -0.3 is 5.32 Å². The number of thiazole rings is 1. The van der Waals surface area contributed by atoms with Gasteiger partial charge in [-0.25, -0.2) is 4.98 Å². The molecule has 1 N–H and O–H groups in total. The fraction of sp³-hybridized carbons (Fsp3) is 0.636. The van der Waals surface area contributed by atoms with Gasteiger partial charge in [0.15, 0.2) is 5.13 Å². The van der Waals surface area contributed by atoms with Crippen LogP contribution in [0.3, 0.4) is 0 Å². The number of amides is 1. The van der Waals surface area contributed by atoms with Gasteiger partial charge in [-0.15, -0.1) is 0 Å². The van der Waals surface area contributed by atoms with Crippen molar-refractivity contribution in [2.45, 2.75) is 33.1 Å². The first-order chi connectivity index (χ1) is 7.49. The number of anilines is 1. The highest BCUT2D eigenvalue weighted by molar-refractivity contribution is 9.11. The third kappa shape index (κ3) is 2.46. The zero-order valence-corrected chi connectivity index (χ0v) is 11.8. The molecule has 16 heavy (non-hydrogen) atoms. The lowest BCUT2D eigenvalue weighted by atomic mass is 9.81. The van der Waals surface area contributed by atoms with Crippen LogP contribution in [0.4, 0.5) is 5.13 Å². The highest BCUT2D eigenvalue weighted by Crippen LogP contribution is 2.43. The van der Waals surface area contributed by atoms with Gasteiger partial charge in [0.25, 0.3) is 0 Å². The van der Waals surface area contributed by atoms with Crippen LogP contribution in [0.15, 0.2) is 9.98 Å². The van der Waals surface area contributed by atoms with Gasteiger partial charge in [0.2, 0.25) is 5.91 Å². The Kier molecular flexibility index (Phi) is 3.35. The maximum Gasteiger partial charge on any atom is 0.229 e. The lowest BCUT2D eigenvalue weighted by Crippen LogP contribution is -2.30. The van der Waals surface area contributed by atoms with Crippen LogP contribution >= 0.6 is 27.3 Å². The van der Waals surface area contributed by atoms with Crippen molar-refractivity contribution < 1.29 is 4.79 Å². The van der Waals surface area contributed by atoms with Gasteiger partial charge >= 0.3 is 0 Å². The Balaban J connectivity index is 2.03. The van der Waals surface area contributed by atoms with Crippen molar-refractivity contribution in [1.82, 2.24) is 4.98 Å². The zero-order valence-electron chi connectivity index (χ0n) is 9.42. The molecule has 1 aliphatic carbocycles. The standard InChI is InChI=1S/C11H15BrN2OS/c1-11(2)5-3-4-7(11)9(15)14-10-13-6-8(12)16-10/h6-7H,3-5H2,1-2H3,(H,13,14,15). The summed E-state index contributed by atoms with van der Waals surface area (Å²) in [6, 6.07) is 0. The van der Waals surface area contributed by atoms with Gasteiger partial charge in [0, 0.05) is 5.92 Å². The molecular formula is C11H15BrN2OS. The number of rotatable bonds is 2. The Labute approximate surface area is 108 Å². The monoisotopic (exact) mass is 302 g/mol. The summed E-state index contributed by atoms with van der Waals surface area (Å²) in [5.41, 5.74) is 0.124. The van der Waals surface area contributed by atoms with Crippen molar-refractivity contribution in [2.75, 3.05) is 5.32 Å². The summed E-state index contributed by atoms with van der Waals surface area (Å²) in [4.78, 5) is 16.2. The van der Waals surface area contributed by atoms with Gasteiger partial charge in [-0.3, -0.25) is 4.79 Å². The lowest BCUT2D eigenvalue weighted by molar-refractivity contribution is -0.122. The third-order valence-electron chi connectivity index (χ3n) is 3.28. The van der Waals surface area contributed by atoms with Crippen molar-refractivity contribution in [2.24, 2.45) is 11.3 Å². The first-order valence-corrected chi connectivity index (χ1v) is 7.02. The van der Waals surface area contributed by atoms with E-state index in [0.29, 0.717) is 5.13 Å². The van der Waals surface area contributed by atoms with Crippen LogP contribution in [0.2, 0.25) is 0 Å². The van der Waals surface area contributed by atoms with Gasteiger partial charge in [-0.1, -0.05) is 31.6 Å². The predicted molar refractivity (Wildman–Crippen MR) is 69.6 cm³/mol. The Morgan fingerprint density at radius 1 is 1.69 bits per heavy atom. The molecular weight excluding hydrogens is 288 g/mol. The van der Waals surface area contributed by atoms with Gasteiger partial charge in [-0.2, -0.15) is 0 Å². The number of carbonyl (C=O) groups is 1. The molecule has 1 amide bonds. The quantitative estimate of drug-likeness (QED) is 0.905. The molecule has 1 unspecified atom stereocenters. The van der Waals surface area contributed by atoms with E-state index in [4.69, 9.17) is 0 Å². The summed E-state index contributed by atoms with van der Waals surface area (Å²) in [7, 11) is 0. The highest BCUT2D eigenvalue weighted by Gasteiger charge is 2.39. The van der Waals surface area contributed by atoms with E-state index < -0.39 is 0 Å². The van der Waals surface area contributed by atoms with Crippen molar-refractivity contribution in [3.05, 3.63) is 9.98 Å². The summed E-state index contributed by atoms with van der Waals surface area (Å²) < 4.78 is 0.938. The Bertz CT molecular complexity index is 402. The molecule has 0 saturated heterocycles. The van der Waals surface area contributed by atoms with E-state index >= 15 is 0 Å². The number of carbonyl (C=O) groups excluding carboxylic acids is 1. The molecule has 0 aromatic carbocycles. The molecule has 1 heterocycles. The number of halogens is 1. The second-order valence-electron chi connectivity index (χ2n) is 4.89. The number of nitrogens with one attached hydrogen (secondary N) is 1. The topological polar surface area (TPSA) is 42.0 Å². The second kappa shape index (κ2) is 4.45. The van der Waals surface area contributed by atoms with Crippen LogP contribution in [-0.4, -0.2) is 10.9 Å². The molecule has 0 bridgehead atoms. The molecule has 5 heteroatoms. The maximum absolute atomic E-state index is 12.1. The van der Waals surface area contributed by atoms with E-state index in [-0.39, 0.29) is 17.2 Å². The highest BCUT2D eigenvalue weighted by atomic mass is 79.9. The molecule has 1 atom stereocenters. The molecule has 1 fully saturated rings. The molecule has 0 spiro atoms. The maximum atomic E-state index is 12.1. The molecule has 1 aliphatic rings. The predicted octanol–water partition coefficient (Wildman–Crippen LogP) is 3.67. The minimum Gasteiger partial charge on any atom is -0.302 e. The van der Waals surface area contributed by atoms with Gasteiger partial charge in [-0.05, 0) is 34.2 Å². The smallest absolute Gasteiger partial charge is 0.229 e. The van der Waals surface area contributed by atoms with Gasteiger partial charge in [0.1, 0.15) is 0 Å². The van der Waals surface area contributed by atoms with Crippen LogP contribution in [-0.2, 0) is 4.79 Å². The van der Waals surface area contributed by atoms with Crippen LogP contribution in [0.1, 0.15) is 33.1 Å². The van der Waals surface area contributed by atoms with Gasteiger partial charge in [0.05, 0.1) is 9.98 Å². The van der Waals surface area contributed by atoms with Crippen LogP contribution < -0.4 is 5.32 Å². The Morgan fingerprint density at radius 2 is 2.44 bits per heavy atom. The minimum absolute atomic E-state index is 0.115. The SMILES string of the molecule is CC1(C)CCCC1C(=O)Nc1ncc(Br)s1. The molecule has 88 valence electrons. The summed E-state index contributed by atoms with van der Waals surface area (Å²) in [6.07, 6.45) is 4.98. The number of nitrogens with zero attached hydrogens (tertiary/aromatic N) is 1. The summed E-state index contributed by atoms with van der Waals surface area (Å²) in [5.74, 6) is 0.236. The fourth-order valence-corrected chi connectivity index (χ4v) is 3.43. The van der Waals surface area contributed by atoms with E-state index in [1.54, 1.807) is 6.20 Å². The van der Waals surface area contributed by atoms with E-state index in [0.717, 1.165) is 23.0 Å². The van der Waals surface area contributed by atoms with Crippen molar-refractivity contribution in [1.29, 1.82) is 0 Å². The Hall–Kier alpha value is -0.420. The largest absolute Gasteiger partial charge is 0.302 e. The van der Waals surface area contributed by atoms with Crippen LogP contribution in [0, 0.1) is 11.3 Å². The molecule has 3 nitrogen and oxygen atoms in total. The molecule has 0 aliphatic heterocycles. The average molecular weight is 303 g/mol. The molecule has 0 radical (unpaired) electrons. The second-order valence-corrected chi connectivity index (χ2v) is 7.30. The number of aromatic nitrogens is 1. The lowest BCUT2D eigenvalue weighted by Gasteiger charge is -2.25. The van der Waals surface area contributed by atoms with E-state index in [2.05, 4.69) is 40.1 Å². The molecule has 1 saturated carbocycles. The summed E-state index contributed by atoms with van der Waals surface area (Å²) >= 11 is 4.78. The van der Waals surface area contributed by atoms with Crippen molar-refractivity contribution in [3.63, 3.8) is 0 Å². The van der Waals surface area contributed by atoms with Crippen LogP contribution in [0.5, 0.6) is 0 Å². The molecule has 1 aromatic heterocycles. The van der Waals surface area contributed by atoms with Crippen molar-refractivity contribution >= 4 is 38.3 Å². The zero-order chi connectivity index (χ0) is 11.8. The summed E-state index contributed by atoms with van der Waals surface area (Å²) in [5, 5.41) is 3.58. The van der Waals surface area contributed by atoms with E-state index in [1.807, 2.05) is 0 Å². The Morgan fingerprint density at radius 3 is 2.94 bits per heavy atom. The first kappa shape index (κ1) is 12.0. The number of hydrogen-bond donors (Lipinski definition) is 1. The fourth-order valence-electron chi connectivity index (χ4n) is 2.32. The van der Waals surface area contributed by atoms with Crippen molar-refractivity contribution in [3.8, 4) is 0 Å². The van der Waals surface area contributed by atoms with Crippen LogP contribution in [0.25, 0.3) is 0 Å².